The van der Waals surface area contributed by atoms with E-state index in [1.165, 1.54) is 18.3 Å². The summed E-state index contributed by atoms with van der Waals surface area (Å²) >= 11 is 0. The topological polar surface area (TPSA) is 78.9 Å². The fourth-order valence-corrected chi connectivity index (χ4v) is 3.53. The number of ether oxygens (including phenoxy) is 2. The van der Waals surface area contributed by atoms with Gasteiger partial charge in [-0.3, -0.25) is 4.98 Å². The third-order valence-corrected chi connectivity index (χ3v) is 5.16. The molecule has 0 fully saturated rings. The molecule has 0 N–H and O–H groups in total. The molecule has 160 valence electrons. The van der Waals surface area contributed by atoms with Gasteiger partial charge in [0.1, 0.15) is 24.6 Å². The van der Waals surface area contributed by atoms with Gasteiger partial charge in [-0.05, 0) is 41.0 Å². The molecule has 0 unspecified atom stereocenters. The Balaban J connectivity index is 1.80. The second-order valence-corrected chi connectivity index (χ2v) is 7.17. The smallest absolute Gasteiger partial charge is 0.162 e. The highest BCUT2D eigenvalue weighted by Crippen LogP contribution is 2.39. The van der Waals surface area contributed by atoms with Crippen LogP contribution in [-0.4, -0.2) is 12.1 Å². The monoisotopic (exact) mass is 435 g/mol. The van der Waals surface area contributed by atoms with Crippen LogP contribution >= 0.6 is 0 Å². The van der Waals surface area contributed by atoms with E-state index in [9.17, 15) is 9.65 Å². The summed E-state index contributed by atoms with van der Waals surface area (Å²) < 4.78 is 25.8. The average molecular weight is 435 g/mol. The fourth-order valence-electron chi connectivity index (χ4n) is 3.53. The number of methoxy groups -OCH3 is 1. The second kappa shape index (κ2) is 9.64. The van der Waals surface area contributed by atoms with E-state index in [0.717, 1.165) is 11.1 Å². The first kappa shape index (κ1) is 21.5. The van der Waals surface area contributed by atoms with Crippen LogP contribution in [0.5, 0.6) is 11.5 Å². The van der Waals surface area contributed by atoms with Crippen molar-refractivity contribution in [2.45, 2.75) is 6.61 Å². The van der Waals surface area contributed by atoms with E-state index in [0.29, 0.717) is 40.4 Å². The molecule has 0 aliphatic heterocycles. The van der Waals surface area contributed by atoms with Gasteiger partial charge in [-0.25, -0.2) is 4.39 Å². The van der Waals surface area contributed by atoms with Gasteiger partial charge >= 0.3 is 0 Å². The van der Waals surface area contributed by atoms with E-state index < -0.39 is 5.82 Å². The van der Waals surface area contributed by atoms with Crippen LogP contribution in [0, 0.1) is 28.5 Å². The molecule has 0 spiro atoms. The molecule has 0 aliphatic carbocycles. The number of aromatic nitrogens is 1. The van der Waals surface area contributed by atoms with Crippen LogP contribution in [-0.2, 0) is 6.61 Å². The molecular weight excluding hydrogens is 417 g/mol. The zero-order valence-electron chi connectivity index (χ0n) is 17.7. The van der Waals surface area contributed by atoms with Crippen LogP contribution in [0.1, 0.15) is 16.7 Å². The Morgan fingerprint density at radius 2 is 1.61 bits per heavy atom. The summed E-state index contributed by atoms with van der Waals surface area (Å²) in [5.41, 5.74) is 3.59. The number of nitrogens with zero attached hydrogens (tertiary/aromatic N) is 3. The second-order valence-electron chi connectivity index (χ2n) is 7.17. The number of halogens is 1. The maximum Gasteiger partial charge on any atom is 0.162 e. The zero-order chi connectivity index (χ0) is 23.2. The Kier molecular flexibility index (Phi) is 6.29. The largest absolute Gasteiger partial charge is 0.493 e. The number of benzene rings is 3. The number of hydrogen-bond donors (Lipinski definition) is 0. The van der Waals surface area contributed by atoms with Gasteiger partial charge in [-0.1, -0.05) is 42.5 Å². The first-order valence-corrected chi connectivity index (χ1v) is 10.1. The van der Waals surface area contributed by atoms with Gasteiger partial charge in [0, 0.05) is 23.5 Å². The summed E-state index contributed by atoms with van der Waals surface area (Å²) in [6.45, 7) is 0.352. The van der Waals surface area contributed by atoms with Crippen molar-refractivity contribution in [3.05, 3.63) is 102 Å². The van der Waals surface area contributed by atoms with Crippen molar-refractivity contribution in [3.8, 4) is 45.9 Å². The molecule has 33 heavy (non-hydrogen) atoms. The zero-order valence-corrected chi connectivity index (χ0v) is 17.7. The minimum Gasteiger partial charge on any atom is -0.493 e. The first-order valence-electron chi connectivity index (χ1n) is 10.1. The number of nitriles is 2. The molecule has 4 rings (SSSR count). The van der Waals surface area contributed by atoms with Crippen molar-refractivity contribution in [2.24, 2.45) is 0 Å². The maximum atomic E-state index is 14.4. The highest BCUT2D eigenvalue weighted by molar-refractivity contribution is 5.87. The van der Waals surface area contributed by atoms with Gasteiger partial charge in [0.15, 0.2) is 11.5 Å². The van der Waals surface area contributed by atoms with Crippen molar-refractivity contribution >= 4 is 0 Å². The van der Waals surface area contributed by atoms with Crippen molar-refractivity contribution in [1.29, 1.82) is 10.5 Å². The van der Waals surface area contributed by atoms with E-state index in [-0.39, 0.29) is 5.56 Å². The molecule has 0 radical (unpaired) electrons. The summed E-state index contributed by atoms with van der Waals surface area (Å²) in [6, 6.07) is 23.4. The quantitative estimate of drug-likeness (QED) is 0.378. The summed E-state index contributed by atoms with van der Waals surface area (Å²) in [5.74, 6) is 0.437. The molecule has 6 heteroatoms. The Hall–Kier alpha value is -4.68. The van der Waals surface area contributed by atoms with Crippen LogP contribution in [0.4, 0.5) is 4.39 Å². The summed E-state index contributed by atoms with van der Waals surface area (Å²) in [4.78, 5) is 4.20. The summed E-state index contributed by atoms with van der Waals surface area (Å²) in [7, 11) is 1.56. The number of rotatable bonds is 6. The average Bonchev–Trinajstić information content (AvgIpc) is 2.87. The Morgan fingerprint density at radius 3 is 2.30 bits per heavy atom. The molecule has 3 aromatic carbocycles. The van der Waals surface area contributed by atoms with Crippen LogP contribution in [0.25, 0.3) is 22.3 Å². The van der Waals surface area contributed by atoms with Crippen LogP contribution in [0.2, 0.25) is 0 Å². The summed E-state index contributed by atoms with van der Waals surface area (Å²) in [6.07, 6.45) is 3.06. The predicted molar refractivity (Wildman–Crippen MR) is 122 cm³/mol. The van der Waals surface area contributed by atoms with Gasteiger partial charge in [-0.2, -0.15) is 10.5 Å². The Bertz CT molecular complexity index is 1390. The van der Waals surface area contributed by atoms with E-state index in [2.05, 4.69) is 11.1 Å². The minimum atomic E-state index is -0.650. The van der Waals surface area contributed by atoms with Crippen LogP contribution < -0.4 is 9.47 Å². The number of hydrogen-bond acceptors (Lipinski definition) is 5. The van der Waals surface area contributed by atoms with Gasteiger partial charge in [-0.15, -0.1) is 0 Å². The lowest BCUT2D eigenvalue weighted by atomic mass is 9.92. The predicted octanol–water partition coefficient (Wildman–Crippen LogP) is 5.89. The molecule has 1 heterocycles. The highest BCUT2D eigenvalue weighted by Gasteiger charge is 2.17. The number of pyridine rings is 1. The van der Waals surface area contributed by atoms with E-state index in [1.807, 2.05) is 48.5 Å². The van der Waals surface area contributed by atoms with E-state index >= 15 is 0 Å². The van der Waals surface area contributed by atoms with Crippen molar-refractivity contribution in [3.63, 3.8) is 0 Å². The molecule has 0 saturated carbocycles. The maximum absolute atomic E-state index is 14.4. The lowest BCUT2D eigenvalue weighted by Gasteiger charge is -2.15. The third-order valence-electron chi connectivity index (χ3n) is 5.16. The Morgan fingerprint density at radius 1 is 0.848 bits per heavy atom. The molecule has 0 saturated heterocycles. The molecular formula is C27H18FN3O2. The molecule has 0 bridgehead atoms. The van der Waals surface area contributed by atoms with Gasteiger partial charge < -0.3 is 9.47 Å². The van der Waals surface area contributed by atoms with Crippen LogP contribution in [0.15, 0.2) is 79.1 Å². The van der Waals surface area contributed by atoms with Gasteiger partial charge in [0.05, 0.1) is 18.2 Å². The first-order chi connectivity index (χ1) is 16.1. The van der Waals surface area contributed by atoms with Crippen molar-refractivity contribution in [1.82, 2.24) is 4.98 Å². The fraction of sp³-hybridized carbons (Fsp3) is 0.0741. The van der Waals surface area contributed by atoms with Crippen molar-refractivity contribution < 1.29 is 13.9 Å². The van der Waals surface area contributed by atoms with E-state index in [4.69, 9.17) is 14.7 Å². The molecule has 1 aromatic heterocycles. The molecule has 0 aliphatic rings. The minimum absolute atomic E-state index is 0.0612. The van der Waals surface area contributed by atoms with Crippen molar-refractivity contribution in [2.75, 3.05) is 7.11 Å². The van der Waals surface area contributed by atoms with Gasteiger partial charge in [0.25, 0.3) is 0 Å². The normalized spacial score (nSPS) is 10.2. The van der Waals surface area contributed by atoms with E-state index in [1.54, 1.807) is 25.4 Å². The van der Waals surface area contributed by atoms with Gasteiger partial charge in [0.2, 0.25) is 0 Å². The third kappa shape index (κ3) is 4.51. The molecule has 0 atom stereocenters. The molecule has 0 amide bonds. The lowest BCUT2D eigenvalue weighted by Crippen LogP contribution is -1.99. The SMILES string of the molecule is COc1ccc(-c2cncc(C#N)c2-c2ccc(C#N)c(F)c2)cc1OCc1ccccc1. The summed E-state index contributed by atoms with van der Waals surface area (Å²) in [5, 5.41) is 18.7. The standard InChI is InChI=1S/C27H18FN3O2/c1-32-25-10-9-19(12-26(25)33-17-18-5-3-2-4-6-18)23-16-31-15-22(14-30)27(23)20-7-8-21(13-29)24(28)11-20/h2-12,15-16H,17H2,1H3. The lowest BCUT2D eigenvalue weighted by molar-refractivity contribution is 0.284. The Labute approximate surface area is 190 Å². The van der Waals surface area contributed by atoms with Crippen LogP contribution in [0.3, 0.4) is 0 Å². The molecule has 5 nitrogen and oxygen atoms in total. The molecule has 4 aromatic rings. The highest BCUT2D eigenvalue weighted by atomic mass is 19.1.